The van der Waals surface area contributed by atoms with Crippen molar-refractivity contribution in [1.82, 2.24) is 24.6 Å². The SMILES string of the molecule is CCn1nccc1CN1CCc2nc(N)[nH]c(=O)c2C1. The first-order chi connectivity index (χ1) is 9.67. The van der Waals surface area contributed by atoms with E-state index >= 15 is 0 Å². The first kappa shape index (κ1) is 12.9. The standard InChI is InChI=1S/C13H18N6O/c1-2-19-9(3-5-15-19)7-18-6-4-11-10(8-18)12(20)17-13(14)16-11/h3,5H,2,4,6-8H2,1H3,(H3,14,16,17,20). The number of anilines is 1. The van der Waals surface area contributed by atoms with Gasteiger partial charge in [-0.1, -0.05) is 0 Å². The molecule has 7 heteroatoms. The molecule has 1 aliphatic rings. The van der Waals surface area contributed by atoms with Crippen LogP contribution >= 0.6 is 0 Å². The van der Waals surface area contributed by atoms with Crippen molar-refractivity contribution in [3.05, 3.63) is 39.6 Å². The van der Waals surface area contributed by atoms with Gasteiger partial charge in [-0.15, -0.1) is 0 Å². The number of aromatic amines is 1. The Kier molecular flexibility index (Phi) is 3.27. The zero-order valence-corrected chi connectivity index (χ0v) is 11.5. The smallest absolute Gasteiger partial charge is 0.257 e. The number of hydrogen-bond donors (Lipinski definition) is 2. The molecule has 3 N–H and O–H groups in total. The number of aryl methyl sites for hydroxylation is 1. The van der Waals surface area contributed by atoms with Crippen LogP contribution in [0.1, 0.15) is 23.9 Å². The van der Waals surface area contributed by atoms with Crippen LogP contribution in [0.15, 0.2) is 17.1 Å². The molecule has 3 heterocycles. The first-order valence-corrected chi connectivity index (χ1v) is 6.78. The minimum absolute atomic E-state index is 0.124. The van der Waals surface area contributed by atoms with Gasteiger partial charge in [-0.2, -0.15) is 5.10 Å². The summed E-state index contributed by atoms with van der Waals surface area (Å²) in [5.74, 6) is 0.200. The lowest BCUT2D eigenvalue weighted by molar-refractivity contribution is 0.234. The van der Waals surface area contributed by atoms with E-state index in [0.29, 0.717) is 6.54 Å². The molecule has 0 radical (unpaired) electrons. The Morgan fingerprint density at radius 2 is 2.35 bits per heavy atom. The number of hydrogen-bond acceptors (Lipinski definition) is 5. The molecule has 106 valence electrons. The van der Waals surface area contributed by atoms with Crippen molar-refractivity contribution >= 4 is 5.95 Å². The molecule has 0 unspecified atom stereocenters. The van der Waals surface area contributed by atoms with Crippen molar-refractivity contribution in [2.45, 2.75) is 33.0 Å². The Bertz CT molecular complexity index is 674. The van der Waals surface area contributed by atoms with Gasteiger partial charge in [0, 0.05) is 38.8 Å². The van der Waals surface area contributed by atoms with Crippen LogP contribution in [0, 0.1) is 0 Å². The third-order valence-corrected chi connectivity index (χ3v) is 3.66. The average molecular weight is 274 g/mol. The van der Waals surface area contributed by atoms with Crippen LogP contribution in [0.3, 0.4) is 0 Å². The monoisotopic (exact) mass is 274 g/mol. The van der Waals surface area contributed by atoms with Gasteiger partial charge in [-0.3, -0.25) is 19.4 Å². The van der Waals surface area contributed by atoms with Crippen molar-refractivity contribution in [2.24, 2.45) is 0 Å². The van der Waals surface area contributed by atoms with E-state index in [1.165, 1.54) is 0 Å². The lowest BCUT2D eigenvalue weighted by Gasteiger charge is -2.27. The van der Waals surface area contributed by atoms with Crippen molar-refractivity contribution in [2.75, 3.05) is 12.3 Å². The molecule has 0 bridgehead atoms. The molecule has 3 rings (SSSR count). The second-order valence-electron chi connectivity index (χ2n) is 4.98. The van der Waals surface area contributed by atoms with Crippen LogP contribution in [0.5, 0.6) is 0 Å². The van der Waals surface area contributed by atoms with Crippen molar-refractivity contribution < 1.29 is 0 Å². The molecule has 0 aliphatic carbocycles. The van der Waals surface area contributed by atoms with E-state index in [1.54, 1.807) is 0 Å². The molecule has 0 atom stereocenters. The maximum absolute atomic E-state index is 11.9. The topological polar surface area (TPSA) is 92.8 Å². The zero-order chi connectivity index (χ0) is 14.1. The van der Waals surface area contributed by atoms with Crippen molar-refractivity contribution in [1.29, 1.82) is 0 Å². The molecule has 1 aliphatic heterocycles. The summed E-state index contributed by atoms with van der Waals surface area (Å²) in [6.45, 7) is 5.19. The third kappa shape index (κ3) is 2.32. The van der Waals surface area contributed by atoms with E-state index in [9.17, 15) is 4.79 Å². The van der Waals surface area contributed by atoms with Gasteiger partial charge in [0.25, 0.3) is 5.56 Å². The van der Waals surface area contributed by atoms with Crippen LogP contribution < -0.4 is 11.3 Å². The fourth-order valence-electron chi connectivity index (χ4n) is 2.64. The van der Waals surface area contributed by atoms with E-state index in [-0.39, 0.29) is 11.5 Å². The molecule has 0 spiro atoms. The highest BCUT2D eigenvalue weighted by atomic mass is 16.1. The number of nitrogens with zero attached hydrogens (tertiary/aromatic N) is 4. The molecule has 0 fully saturated rings. The van der Waals surface area contributed by atoms with Gasteiger partial charge in [-0.25, -0.2) is 4.98 Å². The summed E-state index contributed by atoms with van der Waals surface area (Å²) in [5, 5.41) is 4.27. The van der Waals surface area contributed by atoms with Crippen molar-refractivity contribution in [3.8, 4) is 0 Å². The van der Waals surface area contributed by atoms with Gasteiger partial charge in [0.1, 0.15) is 0 Å². The first-order valence-electron chi connectivity index (χ1n) is 6.78. The Hall–Kier alpha value is -2.15. The van der Waals surface area contributed by atoms with Crippen LogP contribution in [0.4, 0.5) is 5.95 Å². The number of nitrogens with one attached hydrogen (secondary N) is 1. The second kappa shape index (κ2) is 5.09. The lowest BCUT2D eigenvalue weighted by atomic mass is 10.1. The Morgan fingerprint density at radius 1 is 1.50 bits per heavy atom. The highest BCUT2D eigenvalue weighted by Gasteiger charge is 2.21. The van der Waals surface area contributed by atoms with Gasteiger partial charge in [0.2, 0.25) is 5.95 Å². The van der Waals surface area contributed by atoms with Crippen LogP contribution in [0.2, 0.25) is 0 Å². The number of H-pyrrole nitrogens is 1. The van der Waals surface area contributed by atoms with Crippen LogP contribution in [-0.2, 0) is 26.1 Å². The van der Waals surface area contributed by atoms with Crippen LogP contribution in [0.25, 0.3) is 0 Å². The fraction of sp³-hybridized carbons (Fsp3) is 0.462. The Morgan fingerprint density at radius 3 is 3.15 bits per heavy atom. The number of fused-ring (bicyclic) bond motifs is 1. The summed E-state index contributed by atoms with van der Waals surface area (Å²) in [5.41, 5.74) is 8.17. The van der Waals surface area contributed by atoms with E-state index in [2.05, 4.69) is 26.9 Å². The quantitative estimate of drug-likeness (QED) is 0.829. The number of rotatable bonds is 3. The molecule has 2 aromatic rings. The summed E-state index contributed by atoms with van der Waals surface area (Å²) in [6.07, 6.45) is 2.56. The maximum Gasteiger partial charge on any atom is 0.257 e. The highest BCUT2D eigenvalue weighted by Crippen LogP contribution is 2.16. The normalized spacial score (nSPS) is 15.2. The summed E-state index contributed by atoms with van der Waals surface area (Å²) in [4.78, 5) is 21.0. The number of aromatic nitrogens is 4. The van der Waals surface area contributed by atoms with Gasteiger partial charge < -0.3 is 5.73 Å². The molecule has 20 heavy (non-hydrogen) atoms. The predicted molar refractivity (Wildman–Crippen MR) is 75.0 cm³/mol. The molecule has 0 saturated carbocycles. The molecule has 0 amide bonds. The average Bonchev–Trinajstić information content (AvgIpc) is 2.86. The Labute approximate surface area is 116 Å². The lowest BCUT2D eigenvalue weighted by Crippen LogP contribution is -2.36. The minimum atomic E-state index is -0.124. The van der Waals surface area contributed by atoms with E-state index in [1.807, 2.05) is 16.9 Å². The maximum atomic E-state index is 11.9. The summed E-state index contributed by atoms with van der Waals surface area (Å²) < 4.78 is 1.97. The second-order valence-corrected chi connectivity index (χ2v) is 4.98. The van der Waals surface area contributed by atoms with E-state index in [4.69, 9.17) is 5.73 Å². The van der Waals surface area contributed by atoms with Crippen LogP contribution in [-0.4, -0.2) is 31.2 Å². The van der Waals surface area contributed by atoms with E-state index < -0.39 is 0 Å². The van der Waals surface area contributed by atoms with Crippen molar-refractivity contribution in [3.63, 3.8) is 0 Å². The fourth-order valence-corrected chi connectivity index (χ4v) is 2.64. The van der Waals surface area contributed by atoms with E-state index in [0.717, 1.165) is 43.0 Å². The highest BCUT2D eigenvalue weighted by molar-refractivity contribution is 5.27. The third-order valence-electron chi connectivity index (χ3n) is 3.66. The Balaban J connectivity index is 1.81. The molecular formula is C13H18N6O. The molecule has 2 aromatic heterocycles. The van der Waals surface area contributed by atoms with Gasteiger partial charge in [-0.05, 0) is 13.0 Å². The van der Waals surface area contributed by atoms with Gasteiger partial charge in [0.05, 0.1) is 17.0 Å². The minimum Gasteiger partial charge on any atom is -0.369 e. The summed E-state index contributed by atoms with van der Waals surface area (Å²) in [6, 6.07) is 2.02. The van der Waals surface area contributed by atoms with Gasteiger partial charge in [0.15, 0.2) is 0 Å². The molecule has 0 saturated heterocycles. The summed E-state index contributed by atoms with van der Waals surface area (Å²) in [7, 11) is 0. The molecule has 7 nitrogen and oxygen atoms in total. The van der Waals surface area contributed by atoms with Gasteiger partial charge >= 0.3 is 0 Å². The number of nitrogen functional groups attached to an aromatic ring is 1. The molecular weight excluding hydrogens is 256 g/mol. The number of nitrogens with two attached hydrogens (primary N) is 1. The predicted octanol–water partition coefficient (Wildman–Crippen LogP) is 0.127. The summed E-state index contributed by atoms with van der Waals surface area (Å²) >= 11 is 0. The zero-order valence-electron chi connectivity index (χ0n) is 11.5. The largest absolute Gasteiger partial charge is 0.369 e. The molecule has 0 aromatic carbocycles.